The second kappa shape index (κ2) is 11.9. The second-order valence-corrected chi connectivity index (χ2v) is 10.2. The van der Waals surface area contributed by atoms with Gasteiger partial charge in [-0.15, -0.1) is 0 Å². The lowest BCUT2D eigenvalue weighted by molar-refractivity contribution is 0.139. The molecule has 35 heavy (non-hydrogen) atoms. The van der Waals surface area contributed by atoms with Crippen molar-refractivity contribution in [2.24, 2.45) is 0 Å². The van der Waals surface area contributed by atoms with Crippen molar-refractivity contribution in [1.82, 2.24) is 29.2 Å². The summed E-state index contributed by atoms with van der Waals surface area (Å²) in [6, 6.07) is 11.0. The van der Waals surface area contributed by atoms with E-state index in [-0.39, 0.29) is 0 Å². The minimum atomic E-state index is 0.804. The summed E-state index contributed by atoms with van der Waals surface area (Å²) >= 11 is 0. The molecule has 0 amide bonds. The number of piperazine rings is 1. The Morgan fingerprint density at radius 1 is 0.971 bits per heavy atom. The average Bonchev–Trinajstić information content (AvgIpc) is 3.18. The number of aryl methyl sites for hydroxylation is 3. The standard InChI is InChI=1S/C29H42N6/c1-6-27-31-28-23(2)21-24(3)30-29(28)35(27)22-26-12-10-25(11-13-26)9-7-15-33-17-19-34(20-18-33)16-8-14-32(4)5/h7,9-13,21H,6,8,14-20,22H2,1-5H3/b9-7+. The van der Waals surface area contributed by atoms with E-state index in [0.29, 0.717) is 0 Å². The van der Waals surface area contributed by atoms with E-state index in [1.807, 2.05) is 0 Å². The number of imidazole rings is 1. The van der Waals surface area contributed by atoms with Crippen LogP contribution in [0.25, 0.3) is 17.2 Å². The largest absolute Gasteiger partial charge is 0.309 e. The Hall–Kier alpha value is -2.54. The zero-order valence-corrected chi connectivity index (χ0v) is 22.3. The van der Waals surface area contributed by atoms with Crippen LogP contribution in [0.2, 0.25) is 0 Å². The SMILES string of the molecule is CCc1nc2c(C)cc(C)nc2n1Cc1ccc(/C=C/CN2CCN(CCCN(C)C)CC2)cc1. The molecular formula is C29H42N6. The number of benzene rings is 1. The summed E-state index contributed by atoms with van der Waals surface area (Å²) < 4.78 is 2.28. The van der Waals surface area contributed by atoms with E-state index in [2.05, 4.69) is 96.6 Å². The normalized spacial score (nSPS) is 15.7. The van der Waals surface area contributed by atoms with E-state index < -0.39 is 0 Å². The van der Waals surface area contributed by atoms with Crippen LogP contribution in [0.3, 0.4) is 0 Å². The fourth-order valence-electron chi connectivity index (χ4n) is 4.95. The van der Waals surface area contributed by atoms with Gasteiger partial charge in [-0.05, 0) is 70.2 Å². The quantitative estimate of drug-likeness (QED) is 0.440. The Morgan fingerprint density at radius 2 is 1.69 bits per heavy atom. The van der Waals surface area contributed by atoms with Gasteiger partial charge in [-0.2, -0.15) is 0 Å². The van der Waals surface area contributed by atoms with Crippen LogP contribution in [0.1, 0.15) is 41.6 Å². The molecule has 0 unspecified atom stereocenters. The van der Waals surface area contributed by atoms with Crippen LogP contribution in [-0.2, 0) is 13.0 Å². The fourth-order valence-corrected chi connectivity index (χ4v) is 4.95. The van der Waals surface area contributed by atoms with Gasteiger partial charge in [-0.1, -0.05) is 43.3 Å². The highest BCUT2D eigenvalue weighted by molar-refractivity contribution is 5.76. The maximum atomic E-state index is 4.88. The smallest absolute Gasteiger partial charge is 0.160 e. The Kier molecular flexibility index (Phi) is 8.71. The van der Waals surface area contributed by atoms with Gasteiger partial charge in [-0.25, -0.2) is 9.97 Å². The number of fused-ring (bicyclic) bond motifs is 1. The summed E-state index contributed by atoms with van der Waals surface area (Å²) in [6.07, 6.45) is 6.73. The molecule has 6 nitrogen and oxygen atoms in total. The molecule has 1 aliphatic heterocycles. The molecular weight excluding hydrogens is 432 g/mol. The Bertz CT molecular complexity index is 1120. The molecule has 0 aliphatic carbocycles. The van der Waals surface area contributed by atoms with Gasteiger partial charge >= 0.3 is 0 Å². The molecule has 2 aromatic heterocycles. The minimum absolute atomic E-state index is 0.804. The molecule has 6 heteroatoms. The number of rotatable bonds is 10. The van der Waals surface area contributed by atoms with Gasteiger partial charge in [0.1, 0.15) is 11.3 Å². The van der Waals surface area contributed by atoms with Crippen molar-refractivity contribution >= 4 is 17.2 Å². The van der Waals surface area contributed by atoms with Crippen molar-refractivity contribution in [3.63, 3.8) is 0 Å². The number of pyridine rings is 1. The van der Waals surface area contributed by atoms with Crippen LogP contribution >= 0.6 is 0 Å². The molecule has 1 aliphatic rings. The zero-order chi connectivity index (χ0) is 24.8. The van der Waals surface area contributed by atoms with Gasteiger partial charge in [0.05, 0.1) is 6.54 Å². The molecule has 0 atom stereocenters. The summed E-state index contributed by atoms with van der Waals surface area (Å²) in [5.74, 6) is 1.10. The number of nitrogens with zero attached hydrogens (tertiary/aromatic N) is 6. The minimum Gasteiger partial charge on any atom is -0.309 e. The second-order valence-electron chi connectivity index (χ2n) is 10.2. The monoisotopic (exact) mass is 474 g/mol. The van der Waals surface area contributed by atoms with Crippen molar-refractivity contribution < 1.29 is 0 Å². The van der Waals surface area contributed by atoms with Crippen LogP contribution in [0, 0.1) is 13.8 Å². The van der Waals surface area contributed by atoms with Crippen molar-refractivity contribution in [3.05, 3.63) is 64.6 Å². The summed E-state index contributed by atoms with van der Waals surface area (Å²) in [4.78, 5) is 17.1. The van der Waals surface area contributed by atoms with Gasteiger partial charge in [-0.3, -0.25) is 4.90 Å². The third-order valence-electron chi connectivity index (χ3n) is 6.96. The topological polar surface area (TPSA) is 40.4 Å². The molecule has 0 bridgehead atoms. The maximum Gasteiger partial charge on any atom is 0.160 e. The van der Waals surface area contributed by atoms with Crippen LogP contribution in [0.15, 0.2) is 36.4 Å². The van der Waals surface area contributed by atoms with Crippen molar-refractivity contribution in [3.8, 4) is 0 Å². The first-order valence-corrected chi connectivity index (χ1v) is 13.1. The summed E-state index contributed by atoms with van der Waals surface area (Å²) in [5.41, 5.74) is 6.81. The van der Waals surface area contributed by atoms with E-state index in [0.717, 1.165) is 55.3 Å². The van der Waals surface area contributed by atoms with Crippen molar-refractivity contribution in [2.45, 2.75) is 40.2 Å². The van der Waals surface area contributed by atoms with Gasteiger partial charge < -0.3 is 14.4 Å². The summed E-state index contributed by atoms with van der Waals surface area (Å²) in [7, 11) is 4.31. The summed E-state index contributed by atoms with van der Waals surface area (Å²) in [5, 5.41) is 0. The lowest BCUT2D eigenvalue weighted by Gasteiger charge is -2.34. The van der Waals surface area contributed by atoms with Gasteiger partial charge in [0.15, 0.2) is 5.65 Å². The van der Waals surface area contributed by atoms with Crippen LogP contribution in [0.5, 0.6) is 0 Å². The molecule has 0 radical (unpaired) electrons. The molecule has 1 aromatic carbocycles. The van der Waals surface area contributed by atoms with Crippen molar-refractivity contribution in [1.29, 1.82) is 0 Å². The Labute approximate surface area is 211 Å². The molecule has 0 N–H and O–H groups in total. The molecule has 0 saturated carbocycles. The van der Waals surface area contributed by atoms with E-state index in [1.165, 1.54) is 49.3 Å². The van der Waals surface area contributed by atoms with E-state index >= 15 is 0 Å². The highest BCUT2D eigenvalue weighted by atomic mass is 15.3. The maximum absolute atomic E-state index is 4.88. The van der Waals surface area contributed by atoms with E-state index in [9.17, 15) is 0 Å². The lowest BCUT2D eigenvalue weighted by atomic mass is 10.1. The van der Waals surface area contributed by atoms with Gasteiger partial charge in [0.25, 0.3) is 0 Å². The highest BCUT2D eigenvalue weighted by Crippen LogP contribution is 2.21. The summed E-state index contributed by atoms with van der Waals surface area (Å²) in [6.45, 7) is 15.3. The average molecular weight is 475 g/mol. The van der Waals surface area contributed by atoms with E-state index in [4.69, 9.17) is 9.97 Å². The third kappa shape index (κ3) is 6.78. The fraction of sp³-hybridized carbons (Fsp3) is 0.517. The predicted octanol–water partition coefficient (Wildman–Crippen LogP) is 4.24. The number of aromatic nitrogens is 3. The van der Waals surface area contributed by atoms with Gasteiger partial charge in [0.2, 0.25) is 0 Å². The molecule has 3 aromatic rings. The van der Waals surface area contributed by atoms with E-state index in [1.54, 1.807) is 0 Å². The number of hydrogen-bond donors (Lipinski definition) is 0. The molecule has 188 valence electrons. The van der Waals surface area contributed by atoms with Crippen molar-refractivity contribution in [2.75, 3.05) is 59.9 Å². The molecule has 0 spiro atoms. The first-order chi connectivity index (χ1) is 16.9. The predicted molar refractivity (Wildman–Crippen MR) is 147 cm³/mol. The molecule has 1 saturated heterocycles. The van der Waals surface area contributed by atoms with Crippen LogP contribution < -0.4 is 0 Å². The van der Waals surface area contributed by atoms with Gasteiger partial charge in [0, 0.05) is 44.8 Å². The first-order valence-electron chi connectivity index (χ1n) is 13.1. The zero-order valence-electron chi connectivity index (χ0n) is 22.3. The van der Waals surface area contributed by atoms with Crippen LogP contribution in [-0.4, -0.2) is 89.1 Å². The Balaban J connectivity index is 1.30. The lowest BCUT2D eigenvalue weighted by Crippen LogP contribution is -2.46. The molecule has 4 rings (SSSR count). The Morgan fingerprint density at radius 3 is 2.37 bits per heavy atom. The third-order valence-corrected chi connectivity index (χ3v) is 6.96. The van der Waals surface area contributed by atoms with Crippen LogP contribution in [0.4, 0.5) is 0 Å². The first kappa shape index (κ1) is 25.5. The highest BCUT2D eigenvalue weighted by Gasteiger charge is 2.16. The molecule has 1 fully saturated rings. The molecule has 3 heterocycles. The number of hydrogen-bond acceptors (Lipinski definition) is 5.